The van der Waals surface area contributed by atoms with Crippen LogP contribution in [-0.4, -0.2) is 31.1 Å². The topological polar surface area (TPSA) is 87.5 Å². The molecule has 1 aromatic heterocycles. The number of carbonyl (C=O) groups is 2. The van der Waals surface area contributed by atoms with Crippen LogP contribution in [-0.2, 0) is 0 Å². The maximum Gasteiger partial charge on any atom is 0.275 e. The second kappa shape index (κ2) is 7.16. The van der Waals surface area contributed by atoms with Gasteiger partial charge in [-0.05, 0) is 25.1 Å². The Morgan fingerprint density at radius 3 is 2.46 bits per heavy atom. The molecule has 0 spiro atoms. The van der Waals surface area contributed by atoms with Crippen LogP contribution in [0.3, 0.4) is 0 Å². The quantitative estimate of drug-likeness (QED) is 0.840. The summed E-state index contributed by atoms with van der Waals surface area (Å²) in [4.78, 5) is 26.4. The highest BCUT2D eigenvalue weighted by molar-refractivity contribution is 6.00. The van der Waals surface area contributed by atoms with Crippen molar-refractivity contribution < 1.29 is 14.1 Å². The van der Waals surface area contributed by atoms with E-state index in [1.54, 1.807) is 25.1 Å². The van der Waals surface area contributed by atoms with Gasteiger partial charge in [-0.25, -0.2) is 0 Å². The Kier molecular flexibility index (Phi) is 5.23. The van der Waals surface area contributed by atoms with E-state index < -0.39 is 11.8 Å². The van der Waals surface area contributed by atoms with Crippen LogP contribution in [0.2, 0.25) is 0 Å². The maximum absolute atomic E-state index is 12.3. The number of nitrogens with one attached hydrogen (secondary N) is 2. The van der Waals surface area contributed by atoms with Gasteiger partial charge >= 0.3 is 0 Å². The zero-order valence-corrected chi connectivity index (χ0v) is 14.5. The zero-order valence-electron chi connectivity index (χ0n) is 14.5. The number of anilines is 1. The van der Waals surface area contributed by atoms with Crippen molar-refractivity contribution >= 4 is 17.5 Å². The lowest BCUT2D eigenvalue weighted by Crippen LogP contribution is -2.42. The fourth-order valence-corrected chi connectivity index (χ4v) is 2.23. The van der Waals surface area contributed by atoms with E-state index in [4.69, 9.17) is 4.52 Å². The predicted molar refractivity (Wildman–Crippen MR) is 91.0 cm³/mol. The summed E-state index contributed by atoms with van der Waals surface area (Å²) < 4.78 is 5.18. The number of aryl methyl sites for hydroxylation is 1. The van der Waals surface area contributed by atoms with Gasteiger partial charge in [0.2, 0.25) is 0 Å². The molecule has 0 saturated heterocycles. The molecule has 0 fully saturated rings. The van der Waals surface area contributed by atoms with Gasteiger partial charge in [-0.2, -0.15) is 0 Å². The largest absolute Gasteiger partial charge is 0.378 e. The molecule has 0 aliphatic rings. The van der Waals surface area contributed by atoms with Crippen molar-refractivity contribution in [2.75, 3.05) is 19.0 Å². The van der Waals surface area contributed by atoms with Crippen molar-refractivity contribution in [2.45, 2.75) is 26.7 Å². The summed E-state index contributed by atoms with van der Waals surface area (Å²) >= 11 is 0. The van der Waals surface area contributed by atoms with E-state index in [0.717, 1.165) is 5.69 Å². The smallest absolute Gasteiger partial charge is 0.275 e. The van der Waals surface area contributed by atoms with Crippen LogP contribution in [0.5, 0.6) is 0 Å². The molecule has 2 rings (SSSR count). The number of carbonyl (C=O) groups excluding carboxylic acids is 2. The lowest BCUT2D eigenvalue weighted by Gasteiger charge is -2.14. The highest BCUT2D eigenvalue weighted by Gasteiger charge is 2.23. The highest BCUT2D eigenvalue weighted by atomic mass is 16.5. The van der Waals surface area contributed by atoms with E-state index in [1.165, 1.54) is 0 Å². The van der Waals surface area contributed by atoms with Crippen LogP contribution in [0.1, 0.15) is 51.9 Å². The van der Waals surface area contributed by atoms with E-state index in [-0.39, 0.29) is 5.92 Å². The van der Waals surface area contributed by atoms with Gasteiger partial charge < -0.3 is 9.42 Å². The first-order chi connectivity index (χ1) is 11.3. The van der Waals surface area contributed by atoms with E-state index >= 15 is 0 Å². The van der Waals surface area contributed by atoms with Gasteiger partial charge in [-0.15, -0.1) is 0 Å². The SMILES string of the molecule is Cc1noc(C(C)C)c1C(=O)NNC(=O)c1cccc(N(C)C)c1. The first-order valence-corrected chi connectivity index (χ1v) is 7.65. The Labute approximate surface area is 141 Å². The van der Waals surface area contributed by atoms with Crippen molar-refractivity contribution in [2.24, 2.45) is 0 Å². The third-order valence-corrected chi connectivity index (χ3v) is 3.55. The second-order valence-corrected chi connectivity index (χ2v) is 6.01. The van der Waals surface area contributed by atoms with Crippen molar-refractivity contribution in [1.82, 2.24) is 16.0 Å². The summed E-state index contributed by atoms with van der Waals surface area (Å²) in [5, 5.41) is 3.82. The standard InChI is InChI=1S/C17H22N4O3/c1-10(2)15-14(11(3)20-24-15)17(23)19-18-16(22)12-7-6-8-13(9-12)21(4)5/h6-10H,1-5H3,(H,18,22)(H,19,23). The van der Waals surface area contributed by atoms with E-state index in [9.17, 15) is 9.59 Å². The van der Waals surface area contributed by atoms with E-state index in [1.807, 2.05) is 38.9 Å². The van der Waals surface area contributed by atoms with Gasteiger partial charge in [0.1, 0.15) is 5.56 Å². The minimum Gasteiger partial charge on any atom is -0.378 e. The molecule has 7 nitrogen and oxygen atoms in total. The first kappa shape index (κ1) is 17.5. The fourth-order valence-electron chi connectivity index (χ4n) is 2.23. The number of rotatable bonds is 4. The van der Waals surface area contributed by atoms with Crippen molar-refractivity contribution in [3.8, 4) is 0 Å². The van der Waals surface area contributed by atoms with Gasteiger partial charge in [0.05, 0.1) is 5.69 Å². The van der Waals surface area contributed by atoms with Crippen LogP contribution in [0.25, 0.3) is 0 Å². The summed E-state index contributed by atoms with van der Waals surface area (Å²) in [6.45, 7) is 5.50. The number of amides is 2. The zero-order chi connectivity index (χ0) is 17.9. The van der Waals surface area contributed by atoms with Crippen LogP contribution in [0, 0.1) is 6.92 Å². The van der Waals surface area contributed by atoms with Gasteiger partial charge in [-0.3, -0.25) is 20.4 Å². The summed E-state index contributed by atoms with van der Waals surface area (Å²) in [6.07, 6.45) is 0. The summed E-state index contributed by atoms with van der Waals surface area (Å²) in [5.74, 6) is -0.338. The molecule has 2 aromatic rings. The molecule has 2 N–H and O–H groups in total. The molecule has 0 aliphatic carbocycles. The Bertz CT molecular complexity index is 750. The number of hydrazine groups is 1. The van der Waals surface area contributed by atoms with Gasteiger partial charge in [0.25, 0.3) is 11.8 Å². The lowest BCUT2D eigenvalue weighted by atomic mass is 10.0. The van der Waals surface area contributed by atoms with Crippen LogP contribution in [0.4, 0.5) is 5.69 Å². The maximum atomic E-state index is 12.3. The van der Waals surface area contributed by atoms with E-state index in [2.05, 4.69) is 16.0 Å². The number of aromatic nitrogens is 1. The van der Waals surface area contributed by atoms with Gasteiger partial charge in [-0.1, -0.05) is 25.1 Å². The Hall–Kier alpha value is -2.83. The summed E-state index contributed by atoms with van der Waals surface area (Å²) in [6, 6.07) is 7.10. The average molecular weight is 330 g/mol. The molecule has 0 unspecified atom stereocenters. The molecule has 1 aromatic carbocycles. The Morgan fingerprint density at radius 2 is 1.83 bits per heavy atom. The monoisotopic (exact) mass is 330 g/mol. The fraction of sp³-hybridized carbons (Fsp3) is 0.353. The minimum atomic E-state index is -0.449. The Balaban J connectivity index is 2.08. The molecular formula is C17H22N4O3. The third-order valence-electron chi connectivity index (χ3n) is 3.55. The summed E-state index contributed by atoms with van der Waals surface area (Å²) in [5.41, 5.74) is 7.02. The van der Waals surface area contributed by atoms with Gasteiger partial charge in [0, 0.05) is 31.3 Å². The molecule has 0 bridgehead atoms. The van der Waals surface area contributed by atoms with Crippen molar-refractivity contribution in [3.05, 3.63) is 46.8 Å². The molecule has 24 heavy (non-hydrogen) atoms. The minimum absolute atomic E-state index is 0.0134. The normalized spacial score (nSPS) is 10.6. The number of hydrogen-bond acceptors (Lipinski definition) is 5. The number of hydrogen-bond donors (Lipinski definition) is 2. The molecule has 0 saturated carbocycles. The molecule has 0 atom stereocenters. The van der Waals surface area contributed by atoms with Crippen molar-refractivity contribution in [3.63, 3.8) is 0 Å². The van der Waals surface area contributed by atoms with Crippen LogP contribution in [0.15, 0.2) is 28.8 Å². The average Bonchev–Trinajstić information content (AvgIpc) is 2.94. The van der Waals surface area contributed by atoms with E-state index in [0.29, 0.717) is 22.6 Å². The summed E-state index contributed by atoms with van der Waals surface area (Å²) in [7, 11) is 3.78. The third kappa shape index (κ3) is 3.73. The second-order valence-electron chi connectivity index (χ2n) is 6.01. The first-order valence-electron chi connectivity index (χ1n) is 7.65. The van der Waals surface area contributed by atoms with Gasteiger partial charge in [0.15, 0.2) is 5.76 Å². The van der Waals surface area contributed by atoms with Crippen LogP contribution >= 0.6 is 0 Å². The molecule has 7 heteroatoms. The predicted octanol–water partition coefficient (Wildman–Crippen LogP) is 2.25. The van der Waals surface area contributed by atoms with Crippen molar-refractivity contribution in [1.29, 1.82) is 0 Å². The molecule has 0 radical (unpaired) electrons. The molecular weight excluding hydrogens is 308 g/mol. The lowest BCUT2D eigenvalue weighted by molar-refractivity contribution is 0.0845. The molecule has 128 valence electrons. The number of benzene rings is 1. The number of nitrogens with zero attached hydrogens (tertiary/aromatic N) is 2. The highest BCUT2D eigenvalue weighted by Crippen LogP contribution is 2.21. The molecule has 1 heterocycles. The van der Waals surface area contributed by atoms with Crippen LogP contribution < -0.4 is 15.8 Å². The molecule has 0 aliphatic heterocycles. The molecule has 2 amide bonds. The Morgan fingerprint density at radius 1 is 1.17 bits per heavy atom.